The number of aryl methyl sites for hydroxylation is 1. The van der Waals surface area contributed by atoms with Gasteiger partial charge >= 0.3 is 0 Å². The van der Waals surface area contributed by atoms with Gasteiger partial charge in [0.1, 0.15) is 0 Å². The number of nitrogens with zero attached hydrogens (tertiary/aromatic N) is 1. The van der Waals surface area contributed by atoms with Crippen LogP contribution in [0.15, 0.2) is 29.4 Å². The van der Waals surface area contributed by atoms with E-state index in [0.717, 1.165) is 23.3 Å². The fraction of sp³-hybridized carbons (Fsp3) is 0.333. The van der Waals surface area contributed by atoms with Crippen LogP contribution in [-0.4, -0.2) is 17.1 Å². The molecule has 104 valence electrons. The summed E-state index contributed by atoms with van der Waals surface area (Å²) in [6.45, 7) is 0. The van der Waals surface area contributed by atoms with E-state index in [1.807, 2.05) is 6.07 Å². The quantitative estimate of drug-likeness (QED) is 0.729. The summed E-state index contributed by atoms with van der Waals surface area (Å²) in [5, 5.41) is 8.11. The van der Waals surface area contributed by atoms with Gasteiger partial charge in [-0.3, -0.25) is 4.99 Å². The molecule has 1 heterocycles. The molecule has 4 nitrogen and oxygen atoms in total. The van der Waals surface area contributed by atoms with Crippen molar-refractivity contribution >= 4 is 28.7 Å². The van der Waals surface area contributed by atoms with Crippen LogP contribution in [0.2, 0.25) is 0 Å². The number of nitrogens with one attached hydrogen (secondary N) is 1. The molecule has 0 spiro atoms. The van der Waals surface area contributed by atoms with Gasteiger partial charge in [-0.25, -0.2) is 0 Å². The first kappa shape index (κ1) is 13.2. The van der Waals surface area contributed by atoms with Crippen molar-refractivity contribution in [3.63, 3.8) is 0 Å². The summed E-state index contributed by atoms with van der Waals surface area (Å²) >= 11 is 1.66. The molecule has 2 atom stereocenters. The van der Waals surface area contributed by atoms with Gasteiger partial charge in [0.2, 0.25) is 0 Å². The van der Waals surface area contributed by atoms with Gasteiger partial charge < -0.3 is 16.9 Å². The Hall–Kier alpha value is -1.75. The molecule has 2 aliphatic rings. The average molecular weight is 286 g/mol. The Morgan fingerprint density at radius 3 is 3.05 bits per heavy atom. The third-order valence-corrected chi connectivity index (χ3v) is 5.07. The molecule has 0 bridgehead atoms. The Balaban J connectivity index is 2.07. The normalized spacial score (nSPS) is 25.4. The molecule has 1 aliphatic carbocycles. The van der Waals surface area contributed by atoms with Crippen LogP contribution in [0.25, 0.3) is 5.57 Å². The van der Waals surface area contributed by atoms with Crippen molar-refractivity contribution in [3.8, 4) is 0 Å². The van der Waals surface area contributed by atoms with Crippen LogP contribution >= 0.6 is 11.8 Å². The molecule has 0 radical (unpaired) electrons. The monoisotopic (exact) mass is 286 g/mol. The maximum atomic E-state index is 7.43. The Bertz CT molecular complexity index is 606. The van der Waals surface area contributed by atoms with Gasteiger partial charge in [-0.1, -0.05) is 23.9 Å². The molecule has 20 heavy (non-hydrogen) atoms. The Morgan fingerprint density at radius 1 is 1.45 bits per heavy atom. The number of rotatable bonds is 2. The summed E-state index contributed by atoms with van der Waals surface area (Å²) in [6.07, 6.45) is 5.03. The molecule has 0 saturated heterocycles. The summed E-state index contributed by atoms with van der Waals surface area (Å²) in [5.74, 6) is 1.62. The first-order chi connectivity index (χ1) is 9.72. The topological polar surface area (TPSA) is 88.2 Å². The zero-order valence-electron chi connectivity index (χ0n) is 11.2. The Morgan fingerprint density at radius 2 is 2.30 bits per heavy atom. The summed E-state index contributed by atoms with van der Waals surface area (Å²) in [6, 6.07) is 6.47. The number of thioether (sulfide) groups is 1. The minimum atomic E-state index is 0.171. The van der Waals surface area contributed by atoms with E-state index in [9.17, 15) is 0 Å². The number of fused-ring (bicyclic) bond motifs is 3. The van der Waals surface area contributed by atoms with E-state index in [1.54, 1.807) is 11.8 Å². The van der Waals surface area contributed by atoms with Crippen molar-refractivity contribution < 1.29 is 0 Å². The van der Waals surface area contributed by atoms with E-state index in [-0.39, 0.29) is 6.04 Å². The van der Waals surface area contributed by atoms with Crippen molar-refractivity contribution in [1.29, 1.82) is 5.41 Å². The van der Waals surface area contributed by atoms with Gasteiger partial charge in [-0.05, 0) is 41.5 Å². The summed E-state index contributed by atoms with van der Waals surface area (Å²) in [4.78, 5) is 4.65. The lowest BCUT2D eigenvalue weighted by atomic mass is 9.79. The summed E-state index contributed by atoms with van der Waals surface area (Å²) < 4.78 is 0. The average Bonchev–Trinajstić information content (AvgIpc) is 2.48. The number of aliphatic imine (C=N–C) groups is 1. The van der Waals surface area contributed by atoms with E-state index in [0.29, 0.717) is 11.1 Å². The SMILES string of the molecule is N=C/C(=C\N)c1ccc2c(c1)C1N=C(N)SCC1CC2. The van der Waals surface area contributed by atoms with E-state index in [4.69, 9.17) is 16.9 Å². The van der Waals surface area contributed by atoms with Crippen LogP contribution in [0.5, 0.6) is 0 Å². The molecule has 1 aromatic carbocycles. The molecule has 0 fully saturated rings. The molecule has 0 aromatic heterocycles. The van der Waals surface area contributed by atoms with Gasteiger partial charge in [0.15, 0.2) is 5.17 Å². The number of allylic oxidation sites excluding steroid dienone is 1. The Kier molecular flexibility index (Phi) is 3.53. The van der Waals surface area contributed by atoms with Crippen molar-refractivity contribution in [2.24, 2.45) is 22.4 Å². The van der Waals surface area contributed by atoms with E-state index in [2.05, 4.69) is 17.1 Å². The fourth-order valence-electron chi connectivity index (χ4n) is 2.97. The van der Waals surface area contributed by atoms with Crippen molar-refractivity contribution in [2.75, 3.05) is 5.75 Å². The molecular formula is C15H18N4S. The molecule has 0 amide bonds. The third-order valence-electron chi connectivity index (χ3n) is 4.08. The fourth-order valence-corrected chi connectivity index (χ4v) is 3.90. The van der Waals surface area contributed by atoms with Gasteiger partial charge in [0.05, 0.1) is 6.04 Å². The number of amidine groups is 1. The molecule has 3 rings (SSSR count). The number of hydrogen-bond donors (Lipinski definition) is 3. The zero-order chi connectivity index (χ0) is 14.1. The molecular weight excluding hydrogens is 268 g/mol. The molecule has 1 aliphatic heterocycles. The van der Waals surface area contributed by atoms with Crippen LogP contribution in [0, 0.1) is 11.3 Å². The van der Waals surface area contributed by atoms with Crippen molar-refractivity contribution in [2.45, 2.75) is 18.9 Å². The van der Waals surface area contributed by atoms with Crippen molar-refractivity contribution in [1.82, 2.24) is 0 Å². The number of benzene rings is 1. The minimum Gasteiger partial charge on any atom is -0.404 e. The lowest BCUT2D eigenvalue weighted by Crippen LogP contribution is -2.28. The van der Waals surface area contributed by atoms with Crippen molar-refractivity contribution in [3.05, 3.63) is 41.1 Å². The maximum absolute atomic E-state index is 7.43. The van der Waals surface area contributed by atoms with Crippen LogP contribution < -0.4 is 11.5 Å². The highest BCUT2D eigenvalue weighted by Gasteiger charge is 2.32. The van der Waals surface area contributed by atoms with Crippen LogP contribution in [0.1, 0.15) is 29.2 Å². The molecule has 0 saturated carbocycles. The minimum absolute atomic E-state index is 0.171. The van der Waals surface area contributed by atoms with Gasteiger partial charge in [-0.15, -0.1) is 0 Å². The second-order valence-corrected chi connectivity index (χ2v) is 6.24. The summed E-state index contributed by atoms with van der Waals surface area (Å²) in [5.41, 5.74) is 15.8. The van der Waals surface area contributed by atoms with Gasteiger partial charge in [0.25, 0.3) is 0 Å². The zero-order valence-corrected chi connectivity index (χ0v) is 12.0. The van der Waals surface area contributed by atoms with Gasteiger partial charge in [-0.2, -0.15) is 0 Å². The van der Waals surface area contributed by atoms with E-state index in [1.165, 1.54) is 30.0 Å². The molecule has 5 N–H and O–H groups in total. The van der Waals surface area contributed by atoms with E-state index >= 15 is 0 Å². The summed E-state index contributed by atoms with van der Waals surface area (Å²) in [7, 11) is 0. The third kappa shape index (κ3) is 2.22. The van der Waals surface area contributed by atoms with E-state index < -0.39 is 0 Å². The lowest BCUT2D eigenvalue weighted by Gasteiger charge is -2.34. The van der Waals surface area contributed by atoms with Crippen LogP contribution in [0.4, 0.5) is 0 Å². The predicted octanol–water partition coefficient (Wildman–Crippen LogP) is 2.30. The number of hydrogen-bond acceptors (Lipinski definition) is 5. The molecule has 2 unspecified atom stereocenters. The van der Waals surface area contributed by atoms with Gasteiger partial charge in [0, 0.05) is 23.7 Å². The highest BCUT2D eigenvalue weighted by atomic mass is 32.2. The second-order valence-electron chi connectivity index (χ2n) is 5.20. The highest BCUT2D eigenvalue weighted by Crippen LogP contribution is 2.42. The predicted molar refractivity (Wildman–Crippen MR) is 86.0 cm³/mol. The molecule has 1 aromatic rings. The van der Waals surface area contributed by atoms with Crippen LogP contribution in [0.3, 0.4) is 0 Å². The van der Waals surface area contributed by atoms with Crippen LogP contribution in [-0.2, 0) is 6.42 Å². The standard InChI is InChI=1S/C15H18N4S/c16-6-12(7-17)10-3-1-9-2-4-11-8-20-15(18)19-14(11)13(9)5-10/h1,3,5-7,11,14,16H,2,4,8,17H2,(H2,18,19)/b12-7+,16-6?. The number of nitrogens with two attached hydrogens (primary N) is 2. The lowest BCUT2D eigenvalue weighted by molar-refractivity contribution is 0.418. The second kappa shape index (κ2) is 5.32. The smallest absolute Gasteiger partial charge is 0.154 e. The largest absolute Gasteiger partial charge is 0.404 e. The first-order valence-corrected chi connectivity index (χ1v) is 7.73. The maximum Gasteiger partial charge on any atom is 0.154 e. The molecule has 5 heteroatoms. The first-order valence-electron chi connectivity index (χ1n) is 6.74. The highest BCUT2D eigenvalue weighted by molar-refractivity contribution is 8.13. The Labute approximate surface area is 122 Å².